The van der Waals surface area contributed by atoms with Crippen molar-refractivity contribution in [3.8, 4) is 5.75 Å². The van der Waals surface area contributed by atoms with Gasteiger partial charge in [-0.25, -0.2) is 13.1 Å². The van der Waals surface area contributed by atoms with Gasteiger partial charge in [-0.05, 0) is 76.1 Å². The molecule has 8 nitrogen and oxygen atoms in total. The zero-order valence-corrected chi connectivity index (χ0v) is 18.8. The summed E-state index contributed by atoms with van der Waals surface area (Å²) in [5.41, 5.74) is 3.64. The monoisotopic (exact) mass is 443 g/mol. The maximum Gasteiger partial charge on any atom is 0.265 e. The molecule has 3 rings (SSSR count). The van der Waals surface area contributed by atoms with E-state index >= 15 is 0 Å². The Morgan fingerprint density at radius 2 is 1.74 bits per heavy atom. The summed E-state index contributed by atoms with van der Waals surface area (Å²) in [5.74, 6) is 0.378. The largest absolute Gasteiger partial charge is 0.481 e. The van der Waals surface area contributed by atoms with Crippen molar-refractivity contribution in [2.24, 2.45) is 0 Å². The average molecular weight is 444 g/mol. The predicted octanol–water partition coefficient (Wildman–Crippen LogP) is 4.12. The molecule has 1 unspecified atom stereocenters. The molecule has 0 aliphatic rings. The number of nitrogens with zero attached hydrogens (tertiary/aromatic N) is 1. The van der Waals surface area contributed by atoms with E-state index in [0.29, 0.717) is 22.7 Å². The SMILES string of the molecule is Cc1ccc(C)c(OC(C)C(=O)Nc2ccc(S(=O)(=O)Nc3onc(C)c3C)cc2)c1. The number of carbonyl (C=O) groups excluding carboxylic acids is 1. The lowest BCUT2D eigenvalue weighted by atomic mass is 10.1. The lowest BCUT2D eigenvalue weighted by Crippen LogP contribution is -2.30. The topological polar surface area (TPSA) is 111 Å². The van der Waals surface area contributed by atoms with Crippen LogP contribution in [0.2, 0.25) is 0 Å². The van der Waals surface area contributed by atoms with Crippen molar-refractivity contribution in [2.45, 2.75) is 45.6 Å². The molecule has 2 aromatic carbocycles. The second-order valence-corrected chi connectivity index (χ2v) is 9.05. The zero-order chi connectivity index (χ0) is 22.8. The normalized spacial score (nSPS) is 12.3. The molecule has 2 N–H and O–H groups in total. The number of sulfonamides is 1. The molecular formula is C22H25N3O5S. The molecule has 0 aliphatic heterocycles. The van der Waals surface area contributed by atoms with Crippen LogP contribution in [0.1, 0.15) is 29.3 Å². The zero-order valence-electron chi connectivity index (χ0n) is 18.0. The van der Waals surface area contributed by atoms with E-state index in [-0.39, 0.29) is 16.7 Å². The smallest absolute Gasteiger partial charge is 0.265 e. The van der Waals surface area contributed by atoms with Crippen molar-refractivity contribution >= 4 is 27.5 Å². The van der Waals surface area contributed by atoms with Gasteiger partial charge < -0.3 is 14.6 Å². The van der Waals surface area contributed by atoms with Crippen molar-refractivity contribution < 1.29 is 22.5 Å². The molecule has 0 spiro atoms. The Hall–Kier alpha value is -3.33. The summed E-state index contributed by atoms with van der Waals surface area (Å²) in [5, 5.41) is 6.47. The Bertz CT molecular complexity index is 1200. The minimum Gasteiger partial charge on any atom is -0.481 e. The fourth-order valence-corrected chi connectivity index (χ4v) is 3.78. The van der Waals surface area contributed by atoms with Gasteiger partial charge in [0.05, 0.1) is 10.6 Å². The van der Waals surface area contributed by atoms with Crippen LogP contribution in [0.3, 0.4) is 0 Å². The number of nitrogens with one attached hydrogen (secondary N) is 2. The van der Waals surface area contributed by atoms with Crippen LogP contribution in [-0.2, 0) is 14.8 Å². The van der Waals surface area contributed by atoms with E-state index in [2.05, 4.69) is 15.2 Å². The molecule has 164 valence electrons. The predicted molar refractivity (Wildman–Crippen MR) is 118 cm³/mol. The first-order chi connectivity index (χ1) is 14.6. The molecule has 1 heterocycles. The summed E-state index contributed by atoms with van der Waals surface area (Å²) >= 11 is 0. The summed E-state index contributed by atoms with van der Waals surface area (Å²) in [6, 6.07) is 11.6. The molecule has 0 saturated heterocycles. The maximum atomic E-state index is 12.6. The molecular weight excluding hydrogens is 418 g/mol. The third-order valence-corrected chi connectivity index (χ3v) is 6.18. The summed E-state index contributed by atoms with van der Waals surface area (Å²) in [6.45, 7) is 8.95. The summed E-state index contributed by atoms with van der Waals surface area (Å²) in [6.07, 6.45) is -0.733. The minimum atomic E-state index is -3.85. The van der Waals surface area contributed by atoms with Crippen LogP contribution in [0.25, 0.3) is 0 Å². The van der Waals surface area contributed by atoms with E-state index in [1.54, 1.807) is 20.8 Å². The van der Waals surface area contributed by atoms with Crippen molar-refractivity contribution in [1.29, 1.82) is 0 Å². The Morgan fingerprint density at radius 1 is 1.06 bits per heavy atom. The lowest BCUT2D eigenvalue weighted by molar-refractivity contribution is -0.122. The average Bonchev–Trinajstić information content (AvgIpc) is 3.02. The number of rotatable bonds is 7. The first kappa shape index (κ1) is 22.4. The maximum absolute atomic E-state index is 12.6. The second-order valence-electron chi connectivity index (χ2n) is 7.37. The number of hydrogen-bond acceptors (Lipinski definition) is 6. The first-order valence-electron chi connectivity index (χ1n) is 9.67. The van der Waals surface area contributed by atoms with Crippen LogP contribution in [0.15, 0.2) is 51.9 Å². The van der Waals surface area contributed by atoms with E-state index < -0.39 is 16.1 Å². The highest BCUT2D eigenvalue weighted by molar-refractivity contribution is 7.92. The van der Waals surface area contributed by atoms with Crippen LogP contribution < -0.4 is 14.8 Å². The standard InChI is InChI=1S/C22H25N3O5S/c1-13-6-7-14(2)20(12-13)29-17(5)21(26)23-18-8-10-19(11-9-18)31(27,28)25-22-15(3)16(4)24-30-22/h6-12,17,25H,1-5H3,(H,23,26). The van der Waals surface area contributed by atoms with Crippen molar-refractivity contribution in [2.75, 3.05) is 10.0 Å². The van der Waals surface area contributed by atoms with Gasteiger partial charge in [0, 0.05) is 11.3 Å². The van der Waals surface area contributed by atoms with Crippen molar-refractivity contribution in [3.05, 3.63) is 64.8 Å². The number of carbonyl (C=O) groups is 1. The van der Waals surface area contributed by atoms with Crippen LogP contribution in [0.5, 0.6) is 5.75 Å². The molecule has 0 bridgehead atoms. The van der Waals surface area contributed by atoms with Gasteiger partial charge in [0.1, 0.15) is 5.75 Å². The molecule has 0 radical (unpaired) electrons. The van der Waals surface area contributed by atoms with E-state index in [1.807, 2.05) is 32.0 Å². The quantitative estimate of drug-likeness (QED) is 0.568. The van der Waals surface area contributed by atoms with E-state index in [1.165, 1.54) is 24.3 Å². The Morgan fingerprint density at radius 3 is 2.35 bits per heavy atom. The van der Waals surface area contributed by atoms with Gasteiger partial charge in [-0.2, -0.15) is 0 Å². The molecule has 3 aromatic rings. The summed E-state index contributed by atoms with van der Waals surface area (Å²) in [4.78, 5) is 12.5. The van der Waals surface area contributed by atoms with Crippen LogP contribution >= 0.6 is 0 Å². The number of anilines is 2. The third-order valence-electron chi connectivity index (χ3n) is 4.83. The highest BCUT2D eigenvalue weighted by atomic mass is 32.2. The molecule has 0 saturated carbocycles. The van der Waals surface area contributed by atoms with Gasteiger partial charge in [-0.1, -0.05) is 17.3 Å². The molecule has 1 aromatic heterocycles. The van der Waals surface area contributed by atoms with E-state index in [9.17, 15) is 13.2 Å². The highest BCUT2D eigenvalue weighted by Crippen LogP contribution is 2.23. The Balaban J connectivity index is 1.66. The molecule has 0 aliphatic carbocycles. The summed E-state index contributed by atoms with van der Waals surface area (Å²) in [7, 11) is -3.85. The fraction of sp³-hybridized carbons (Fsp3) is 0.273. The first-order valence-corrected chi connectivity index (χ1v) is 11.2. The number of hydrogen-bond donors (Lipinski definition) is 2. The molecule has 9 heteroatoms. The van der Waals surface area contributed by atoms with E-state index in [4.69, 9.17) is 9.26 Å². The van der Waals surface area contributed by atoms with Gasteiger partial charge in [0.15, 0.2) is 6.10 Å². The Kier molecular flexibility index (Phi) is 6.35. The molecule has 31 heavy (non-hydrogen) atoms. The number of aryl methyl sites for hydroxylation is 3. The fourth-order valence-electron chi connectivity index (χ4n) is 2.73. The van der Waals surface area contributed by atoms with Gasteiger partial charge in [-0.15, -0.1) is 0 Å². The summed E-state index contributed by atoms with van der Waals surface area (Å²) < 4.78 is 38.3. The van der Waals surface area contributed by atoms with Gasteiger partial charge in [0.25, 0.3) is 15.9 Å². The lowest BCUT2D eigenvalue weighted by Gasteiger charge is -2.17. The molecule has 1 atom stereocenters. The highest BCUT2D eigenvalue weighted by Gasteiger charge is 2.20. The number of aromatic nitrogens is 1. The van der Waals surface area contributed by atoms with Crippen molar-refractivity contribution in [3.63, 3.8) is 0 Å². The minimum absolute atomic E-state index is 0.0265. The second kappa shape index (κ2) is 8.81. The van der Waals surface area contributed by atoms with Crippen molar-refractivity contribution in [1.82, 2.24) is 5.16 Å². The van der Waals surface area contributed by atoms with Crippen LogP contribution in [0.4, 0.5) is 11.6 Å². The number of ether oxygens (including phenoxy) is 1. The third kappa shape index (κ3) is 5.24. The Labute approximate surface area is 181 Å². The van der Waals surface area contributed by atoms with Gasteiger partial charge in [0.2, 0.25) is 5.88 Å². The number of amides is 1. The van der Waals surface area contributed by atoms with Crippen LogP contribution in [0, 0.1) is 27.7 Å². The molecule has 0 fully saturated rings. The van der Waals surface area contributed by atoms with Gasteiger partial charge >= 0.3 is 0 Å². The molecule has 1 amide bonds. The van der Waals surface area contributed by atoms with Crippen LogP contribution in [-0.4, -0.2) is 25.6 Å². The van der Waals surface area contributed by atoms with Gasteiger partial charge in [-0.3, -0.25) is 4.79 Å². The number of benzene rings is 2. The van der Waals surface area contributed by atoms with E-state index in [0.717, 1.165) is 11.1 Å².